The van der Waals surface area contributed by atoms with E-state index in [1.54, 1.807) is 0 Å². The molecule has 0 radical (unpaired) electrons. The average molecular weight is 218 g/mol. The van der Waals surface area contributed by atoms with Gasteiger partial charge in [0, 0.05) is 21.2 Å². The summed E-state index contributed by atoms with van der Waals surface area (Å²) in [6.07, 6.45) is 0. The Labute approximate surface area is 86.8 Å². The van der Waals surface area contributed by atoms with E-state index in [0.717, 1.165) is 11.9 Å². The Morgan fingerprint density at radius 3 is 2.13 bits per heavy atom. The molecule has 0 aromatic rings. The van der Waals surface area contributed by atoms with Crippen molar-refractivity contribution in [2.75, 3.05) is 21.2 Å². The van der Waals surface area contributed by atoms with Gasteiger partial charge in [-0.2, -0.15) is 0 Å². The zero-order valence-electron chi connectivity index (χ0n) is 9.01. The van der Waals surface area contributed by atoms with E-state index in [-0.39, 0.29) is 0 Å². The Kier molecular flexibility index (Phi) is 2.50. The number of nitrogens with zero attached hydrogens (tertiary/aromatic N) is 2. The highest BCUT2D eigenvalue weighted by molar-refractivity contribution is 6.01. The minimum Gasteiger partial charge on any atom is -0.354 e. The second-order valence-electron chi connectivity index (χ2n) is 3.56. The highest BCUT2D eigenvalue weighted by Gasteiger charge is 2.62. The maximum absolute atomic E-state index is 11.5. The SMILES string of the molecule is COC1(C)N(C)C(=O)N(C)C(=O)C1(O)O. The van der Waals surface area contributed by atoms with Gasteiger partial charge >= 0.3 is 6.03 Å². The van der Waals surface area contributed by atoms with E-state index in [9.17, 15) is 19.8 Å². The lowest BCUT2D eigenvalue weighted by Gasteiger charge is -2.49. The average Bonchev–Trinajstić information content (AvgIpc) is 2.21. The zero-order chi connectivity index (χ0) is 12.0. The summed E-state index contributed by atoms with van der Waals surface area (Å²) in [6.45, 7) is 1.25. The minimum absolute atomic E-state index is 0.626. The number of aliphatic hydroxyl groups is 2. The first-order chi connectivity index (χ1) is 6.70. The van der Waals surface area contributed by atoms with E-state index >= 15 is 0 Å². The summed E-state index contributed by atoms with van der Waals surface area (Å²) in [5, 5.41) is 19.3. The number of amides is 3. The molecular weight excluding hydrogens is 204 g/mol. The summed E-state index contributed by atoms with van der Waals surface area (Å²) < 4.78 is 4.85. The highest BCUT2D eigenvalue weighted by Crippen LogP contribution is 2.33. The summed E-state index contributed by atoms with van der Waals surface area (Å²) in [5.74, 6) is -3.88. The molecule has 1 fully saturated rings. The van der Waals surface area contributed by atoms with Crippen LogP contribution in [0.4, 0.5) is 4.79 Å². The van der Waals surface area contributed by atoms with Crippen LogP contribution in [0.2, 0.25) is 0 Å². The third kappa shape index (κ3) is 1.24. The molecule has 2 N–H and O–H groups in total. The van der Waals surface area contributed by atoms with Gasteiger partial charge in [-0.05, 0) is 6.92 Å². The van der Waals surface area contributed by atoms with Crippen molar-refractivity contribution in [2.24, 2.45) is 0 Å². The lowest BCUT2D eigenvalue weighted by Crippen LogP contribution is -2.76. The standard InChI is InChI=1S/C8H14N2O5/c1-7(15-4)8(13,14)5(11)9(2)6(12)10(7)3/h13-14H,1-4H3. The predicted molar refractivity (Wildman–Crippen MR) is 48.5 cm³/mol. The monoisotopic (exact) mass is 218 g/mol. The van der Waals surface area contributed by atoms with Crippen molar-refractivity contribution in [3.63, 3.8) is 0 Å². The number of ether oxygens (including phenoxy) is 1. The number of hydrogen-bond acceptors (Lipinski definition) is 5. The zero-order valence-corrected chi connectivity index (χ0v) is 9.01. The molecule has 1 rings (SSSR count). The number of methoxy groups -OCH3 is 1. The van der Waals surface area contributed by atoms with Crippen molar-refractivity contribution in [2.45, 2.75) is 18.4 Å². The van der Waals surface area contributed by atoms with E-state index < -0.39 is 23.5 Å². The van der Waals surface area contributed by atoms with Crippen molar-refractivity contribution < 1.29 is 24.5 Å². The number of rotatable bonds is 1. The summed E-state index contributed by atoms with van der Waals surface area (Å²) in [7, 11) is 3.66. The third-order valence-corrected chi connectivity index (χ3v) is 2.86. The fourth-order valence-corrected chi connectivity index (χ4v) is 1.44. The fraction of sp³-hybridized carbons (Fsp3) is 0.750. The molecule has 0 spiro atoms. The van der Waals surface area contributed by atoms with Crippen LogP contribution in [0, 0.1) is 0 Å². The van der Waals surface area contributed by atoms with Gasteiger partial charge in [-0.15, -0.1) is 0 Å². The van der Waals surface area contributed by atoms with Crippen LogP contribution in [0.15, 0.2) is 0 Å². The highest BCUT2D eigenvalue weighted by atomic mass is 16.6. The number of imide groups is 1. The molecule has 3 amide bonds. The van der Waals surface area contributed by atoms with Crippen molar-refractivity contribution >= 4 is 11.9 Å². The van der Waals surface area contributed by atoms with E-state index in [2.05, 4.69) is 0 Å². The molecule has 0 bridgehead atoms. The van der Waals surface area contributed by atoms with E-state index in [4.69, 9.17) is 4.74 Å². The Hall–Kier alpha value is -1.18. The van der Waals surface area contributed by atoms with Crippen LogP contribution in [0.5, 0.6) is 0 Å². The molecule has 1 unspecified atom stereocenters. The first-order valence-electron chi connectivity index (χ1n) is 4.26. The maximum Gasteiger partial charge on any atom is 0.328 e. The molecule has 1 saturated heterocycles. The molecule has 1 aliphatic heterocycles. The first-order valence-corrected chi connectivity index (χ1v) is 4.26. The van der Waals surface area contributed by atoms with Crippen LogP contribution in [0.1, 0.15) is 6.92 Å². The van der Waals surface area contributed by atoms with E-state index in [1.807, 2.05) is 0 Å². The fourth-order valence-electron chi connectivity index (χ4n) is 1.44. The van der Waals surface area contributed by atoms with Gasteiger partial charge in [-0.1, -0.05) is 0 Å². The summed E-state index contributed by atoms with van der Waals surface area (Å²) in [5.41, 5.74) is -1.80. The second kappa shape index (κ2) is 3.16. The molecule has 15 heavy (non-hydrogen) atoms. The lowest BCUT2D eigenvalue weighted by atomic mass is 9.99. The molecule has 0 aliphatic carbocycles. The molecular formula is C8H14N2O5. The lowest BCUT2D eigenvalue weighted by molar-refractivity contribution is -0.309. The van der Waals surface area contributed by atoms with E-state index in [1.165, 1.54) is 21.1 Å². The van der Waals surface area contributed by atoms with Crippen molar-refractivity contribution in [3.05, 3.63) is 0 Å². The Bertz CT molecular complexity index is 316. The molecule has 0 saturated carbocycles. The Morgan fingerprint density at radius 2 is 1.73 bits per heavy atom. The van der Waals surface area contributed by atoms with Crippen molar-refractivity contribution in [1.82, 2.24) is 9.80 Å². The molecule has 7 nitrogen and oxygen atoms in total. The van der Waals surface area contributed by atoms with Crippen molar-refractivity contribution in [3.8, 4) is 0 Å². The molecule has 86 valence electrons. The Morgan fingerprint density at radius 1 is 1.27 bits per heavy atom. The van der Waals surface area contributed by atoms with Gasteiger partial charge < -0.3 is 14.9 Å². The molecule has 7 heteroatoms. The molecule has 1 heterocycles. The third-order valence-electron chi connectivity index (χ3n) is 2.86. The molecule has 0 aromatic carbocycles. The van der Waals surface area contributed by atoms with Crippen LogP contribution in [-0.2, 0) is 9.53 Å². The van der Waals surface area contributed by atoms with Crippen molar-refractivity contribution in [1.29, 1.82) is 0 Å². The predicted octanol–water partition coefficient (Wildman–Crippen LogP) is -1.45. The smallest absolute Gasteiger partial charge is 0.328 e. The minimum atomic E-state index is -2.76. The molecule has 1 atom stereocenters. The quantitative estimate of drug-likeness (QED) is 0.526. The number of hydrogen-bond donors (Lipinski definition) is 2. The van der Waals surface area contributed by atoms with Crippen LogP contribution < -0.4 is 0 Å². The first kappa shape index (κ1) is 11.9. The van der Waals surface area contributed by atoms with Crippen LogP contribution in [0.3, 0.4) is 0 Å². The van der Waals surface area contributed by atoms with Gasteiger partial charge in [0.15, 0.2) is 0 Å². The van der Waals surface area contributed by atoms with Crippen LogP contribution >= 0.6 is 0 Å². The molecule has 1 aliphatic rings. The van der Waals surface area contributed by atoms with Gasteiger partial charge in [0.2, 0.25) is 5.72 Å². The normalized spacial score (nSPS) is 31.1. The molecule has 0 aromatic heterocycles. The van der Waals surface area contributed by atoms with E-state index in [0.29, 0.717) is 4.90 Å². The van der Waals surface area contributed by atoms with Gasteiger partial charge in [-0.25, -0.2) is 4.79 Å². The topological polar surface area (TPSA) is 90.3 Å². The summed E-state index contributed by atoms with van der Waals surface area (Å²) in [4.78, 5) is 24.6. The maximum atomic E-state index is 11.5. The van der Waals surface area contributed by atoms with Crippen LogP contribution in [0.25, 0.3) is 0 Å². The second-order valence-corrected chi connectivity index (χ2v) is 3.56. The van der Waals surface area contributed by atoms with Crippen LogP contribution in [-0.4, -0.2) is 64.7 Å². The van der Waals surface area contributed by atoms with Gasteiger partial charge in [0.1, 0.15) is 0 Å². The summed E-state index contributed by atoms with van der Waals surface area (Å²) in [6, 6.07) is -0.664. The number of urea groups is 1. The van der Waals surface area contributed by atoms with Gasteiger partial charge in [0.25, 0.3) is 11.7 Å². The van der Waals surface area contributed by atoms with Gasteiger partial charge in [-0.3, -0.25) is 14.6 Å². The number of carbonyl (C=O) groups excluding carboxylic acids is 2. The summed E-state index contributed by atoms with van der Waals surface area (Å²) >= 11 is 0. The number of likely N-dealkylation sites (N-methyl/N-ethyl adjacent to an activating group) is 2. The van der Waals surface area contributed by atoms with Gasteiger partial charge in [0.05, 0.1) is 0 Å². The largest absolute Gasteiger partial charge is 0.354 e. The number of carbonyl (C=O) groups is 2. The Balaban J connectivity index is 3.28.